The van der Waals surface area contributed by atoms with E-state index >= 15 is 0 Å². The topological polar surface area (TPSA) is 46.5 Å². The lowest BCUT2D eigenvalue weighted by Gasteiger charge is -2.26. The van der Waals surface area contributed by atoms with Crippen LogP contribution in [0.1, 0.15) is 65.2 Å². The molecule has 18 heavy (non-hydrogen) atoms. The summed E-state index contributed by atoms with van der Waals surface area (Å²) in [5, 5.41) is 9.80. The van der Waals surface area contributed by atoms with Gasteiger partial charge in [-0.2, -0.15) is 0 Å². The van der Waals surface area contributed by atoms with Gasteiger partial charge in [-0.3, -0.25) is 4.79 Å². The highest BCUT2D eigenvalue weighted by Crippen LogP contribution is 2.26. The van der Waals surface area contributed by atoms with E-state index in [4.69, 9.17) is 4.74 Å². The molecule has 1 aliphatic rings. The first-order valence-corrected chi connectivity index (χ1v) is 7.53. The van der Waals surface area contributed by atoms with Crippen LogP contribution >= 0.6 is 0 Å². The Bertz CT molecular complexity index is 240. The van der Waals surface area contributed by atoms with Crippen molar-refractivity contribution in [3.63, 3.8) is 0 Å². The Morgan fingerprint density at radius 2 is 2.06 bits per heavy atom. The van der Waals surface area contributed by atoms with Gasteiger partial charge in [-0.25, -0.2) is 0 Å². The molecule has 0 unspecified atom stereocenters. The number of esters is 1. The van der Waals surface area contributed by atoms with Gasteiger partial charge >= 0.3 is 5.97 Å². The maximum Gasteiger partial charge on any atom is 0.311 e. The molecule has 0 bridgehead atoms. The highest BCUT2D eigenvalue weighted by molar-refractivity contribution is 5.73. The fourth-order valence-corrected chi connectivity index (χ4v) is 2.59. The van der Waals surface area contributed by atoms with Gasteiger partial charge in [-0.1, -0.05) is 46.0 Å². The molecule has 0 aromatic heterocycles. The summed E-state index contributed by atoms with van der Waals surface area (Å²) in [4.78, 5) is 11.9. The standard InChI is InChI=1S/C15H28O3/c1-3-5-8-12(4-2)11-18-15(17)13-9-6-7-10-14(13)16/h12-14,16H,3-11H2,1-2H3/t12-,13+,14+/m0/s1. The molecule has 0 saturated heterocycles. The van der Waals surface area contributed by atoms with Gasteiger partial charge in [-0.15, -0.1) is 0 Å². The molecule has 0 amide bonds. The Labute approximate surface area is 111 Å². The smallest absolute Gasteiger partial charge is 0.311 e. The summed E-state index contributed by atoms with van der Waals surface area (Å²) < 4.78 is 5.40. The molecule has 1 saturated carbocycles. The minimum atomic E-state index is -0.484. The van der Waals surface area contributed by atoms with Gasteiger partial charge in [0, 0.05) is 0 Å². The summed E-state index contributed by atoms with van der Waals surface area (Å²) in [5.74, 6) is 0.0224. The predicted octanol–water partition coefficient (Wildman–Crippen LogP) is 3.30. The van der Waals surface area contributed by atoms with E-state index in [1.807, 2.05) is 0 Å². The number of carbonyl (C=O) groups excluding carboxylic acids is 1. The van der Waals surface area contributed by atoms with E-state index in [2.05, 4.69) is 13.8 Å². The molecule has 0 aromatic rings. The monoisotopic (exact) mass is 256 g/mol. The van der Waals surface area contributed by atoms with Crippen molar-refractivity contribution >= 4 is 5.97 Å². The lowest BCUT2D eigenvalue weighted by atomic mass is 9.86. The van der Waals surface area contributed by atoms with Gasteiger partial charge in [0.25, 0.3) is 0 Å². The third-order valence-corrected chi connectivity index (χ3v) is 4.04. The van der Waals surface area contributed by atoms with E-state index in [1.165, 1.54) is 12.8 Å². The number of hydrogen-bond donors (Lipinski definition) is 1. The number of unbranched alkanes of at least 4 members (excludes halogenated alkanes) is 1. The molecule has 1 rings (SSSR count). The maximum absolute atomic E-state index is 11.9. The fraction of sp³-hybridized carbons (Fsp3) is 0.933. The third kappa shape index (κ3) is 4.97. The van der Waals surface area contributed by atoms with Crippen LogP contribution in [-0.2, 0) is 9.53 Å². The van der Waals surface area contributed by atoms with Gasteiger partial charge in [-0.05, 0) is 25.2 Å². The molecular weight excluding hydrogens is 228 g/mol. The van der Waals surface area contributed by atoms with Crippen LogP contribution in [0.2, 0.25) is 0 Å². The number of aliphatic hydroxyl groups excluding tert-OH is 1. The zero-order valence-electron chi connectivity index (χ0n) is 11.9. The van der Waals surface area contributed by atoms with Crippen molar-refractivity contribution in [2.45, 2.75) is 71.3 Å². The van der Waals surface area contributed by atoms with Gasteiger partial charge in [0.05, 0.1) is 18.6 Å². The summed E-state index contributed by atoms with van der Waals surface area (Å²) in [7, 11) is 0. The summed E-state index contributed by atoms with van der Waals surface area (Å²) in [6, 6.07) is 0. The lowest BCUT2D eigenvalue weighted by Crippen LogP contribution is -2.33. The lowest BCUT2D eigenvalue weighted by molar-refractivity contribution is -0.155. The molecule has 3 atom stereocenters. The number of hydrogen-bond acceptors (Lipinski definition) is 3. The van der Waals surface area contributed by atoms with Crippen molar-refractivity contribution in [2.24, 2.45) is 11.8 Å². The van der Waals surface area contributed by atoms with Crippen molar-refractivity contribution in [1.82, 2.24) is 0 Å². The minimum Gasteiger partial charge on any atom is -0.465 e. The fourth-order valence-electron chi connectivity index (χ4n) is 2.59. The molecular formula is C15H28O3. The van der Waals surface area contributed by atoms with Gasteiger partial charge in [0.2, 0.25) is 0 Å². The first kappa shape index (κ1) is 15.5. The van der Waals surface area contributed by atoms with Crippen LogP contribution in [0.25, 0.3) is 0 Å². The Hall–Kier alpha value is -0.570. The van der Waals surface area contributed by atoms with Crippen LogP contribution in [0.4, 0.5) is 0 Å². The zero-order chi connectivity index (χ0) is 13.4. The Morgan fingerprint density at radius 3 is 2.67 bits per heavy atom. The second-order valence-corrected chi connectivity index (χ2v) is 5.50. The van der Waals surface area contributed by atoms with E-state index in [0.717, 1.165) is 38.5 Å². The summed E-state index contributed by atoms with van der Waals surface area (Å²) in [6.07, 6.45) is 7.67. The average molecular weight is 256 g/mol. The molecule has 1 fully saturated rings. The van der Waals surface area contributed by atoms with Crippen molar-refractivity contribution in [1.29, 1.82) is 0 Å². The number of aliphatic hydroxyl groups is 1. The average Bonchev–Trinajstić information content (AvgIpc) is 2.39. The molecule has 0 heterocycles. The van der Waals surface area contributed by atoms with Crippen molar-refractivity contribution in [3.8, 4) is 0 Å². The number of rotatable bonds is 7. The van der Waals surface area contributed by atoms with Gasteiger partial charge in [0.1, 0.15) is 0 Å². The van der Waals surface area contributed by atoms with E-state index < -0.39 is 6.10 Å². The quantitative estimate of drug-likeness (QED) is 0.711. The molecule has 3 nitrogen and oxygen atoms in total. The predicted molar refractivity (Wildman–Crippen MR) is 72.2 cm³/mol. The van der Waals surface area contributed by atoms with Gasteiger partial charge < -0.3 is 9.84 Å². The van der Waals surface area contributed by atoms with E-state index in [0.29, 0.717) is 12.5 Å². The van der Waals surface area contributed by atoms with Gasteiger partial charge in [0.15, 0.2) is 0 Å². The van der Waals surface area contributed by atoms with Crippen LogP contribution in [0.15, 0.2) is 0 Å². The minimum absolute atomic E-state index is 0.183. The largest absolute Gasteiger partial charge is 0.465 e. The normalized spacial score (nSPS) is 25.7. The molecule has 0 radical (unpaired) electrons. The molecule has 0 aromatic carbocycles. The summed E-state index contributed by atoms with van der Waals surface area (Å²) in [6.45, 7) is 4.85. The zero-order valence-corrected chi connectivity index (χ0v) is 11.9. The second kappa shape index (κ2) is 8.52. The maximum atomic E-state index is 11.9. The van der Waals surface area contributed by atoms with E-state index in [1.54, 1.807) is 0 Å². The first-order valence-electron chi connectivity index (χ1n) is 7.53. The summed E-state index contributed by atoms with van der Waals surface area (Å²) in [5.41, 5.74) is 0. The Balaban J connectivity index is 2.29. The van der Waals surface area contributed by atoms with Crippen LogP contribution in [0, 0.1) is 11.8 Å². The highest BCUT2D eigenvalue weighted by atomic mass is 16.5. The Kier molecular flexibility index (Phi) is 7.33. The van der Waals surface area contributed by atoms with Crippen LogP contribution in [0.5, 0.6) is 0 Å². The molecule has 1 N–H and O–H groups in total. The van der Waals surface area contributed by atoms with Crippen LogP contribution in [-0.4, -0.2) is 23.8 Å². The summed E-state index contributed by atoms with van der Waals surface area (Å²) >= 11 is 0. The third-order valence-electron chi connectivity index (χ3n) is 4.04. The first-order chi connectivity index (χ1) is 8.69. The molecule has 0 spiro atoms. The Morgan fingerprint density at radius 1 is 1.33 bits per heavy atom. The van der Waals surface area contributed by atoms with Crippen molar-refractivity contribution < 1.29 is 14.6 Å². The molecule has 3 heteroatoms. The van der Waals surface area contributed by atoms with Crippen LogP contribution in [0.3, 0.4) is 0 Å². The van der Waals surface area contributed by atoms with Crippen molar-refractivity contribution in [3.05, 3.63) is 0 Å². The molecule has 106 valence electrons. The second-order valence-electron chi connectivity index (χ2n) is 5.50. The highest BCUT2D eigenvalue weighted by Gasteiger charge is 2.30. The van der Waals surface area contributed by atoms with E-state index in [-0.39, 0.29) is 11.9 Å². The SMILES string of the molecule is CCCC[C@H](CC)COC(=O)[C@@H]1CCCC[C@H]1O. The number of carbonyl (C=O) groups is 1. The van der Waals surface area contributed by atoms with E-state index in [9.17, 15) is 9.90 Å². The molecule has 1 aliphatic carbocycles. The number of ether oxygens (including phenoxy) is 1. The molecule has 0 aliphatic heterocycles. The van der Waals surface area contributed by atoms with Crippen LogP contribution < -0.4 is 0 Å². The van der Waals surface area contributed by atoms with Crippen molar-refractivity contribution in [2.75, 3.05) is 6.61 Å².